The molecule has 0 saturated carbocycles. The number of hydrogen-bond donors (Lipinski definition) is 2. The van der Waals surface area contributed by atoms with Crippen molar-refractivity contribution in [1.29, 1.82) is 0 Å². The van der Waals surface area contributed by atoms with E-state index in [1.54, 1.807) is 11.3 Å². The van der Waals surface area contributed by atoms with E-state index in [-0.39, 0.29) is 6.04 Å². The van der Waals surface area contributed by atoms with Crippen LogP contribution in [0.4, 0.5) is 0 Å². The lowest BCUT2D eigenvalue weighted by Crippen LogP contribution is -2.29. The topological polar surface area (TPSA) is 38.0 Å². The zero-order valence-electron chi connectivity index (χ0n) is 8.99. The van der Waals surface area contributed by atoms with E-state index >= 15 is 0 Å². The van der Waals surface area contributed by atoms with Crippen LogP contribution in [-0.2, 0) is 6.42 Å². The van der Waals surface area contributed by atoms with Gasteiger partial charge in [0.2, 0.25) is 0 Å². The van der Waals surface area contributed by atoms with Gasteiger partial charge in [-0.3, -0.25) is 11.3 Å². The molecule has 90 valence electrons. The Morgan fingerprint density at radius 1 is 1.41 bits per heavy atom. The van der Waals surface area contributed by atoms with Crippen LogP contribution in [0.25, 0.3) is 0 Å². The van der Waals surface area contributed by atoms with Crippen LogP contribution < -0.4 is 11.3 Å². The molecule has 5 heteroatoms. The van der Waals surface area contributed by atoms with E-state index < -0.39 is 0 Å². The number of benzene rings is 1. The van der Waals surface area contributed by atoms with Crippen molar-refractivity contribution in [2.45, 2.75) is 12.5 Å². The highest BCUT2D eigenvalue weighted by atomic mass is 79.9. The first-order chi connectivity index (χ1) is 8.20. The Labute approximate surface area is 118 Å². The van der Waals surface area contributed by atoms with E-state index in [9.17, 15) is 0 Å². The number of hydrogen-bond acceptors (Lipinski definition) is 3. The van der Waals surface area contributed by atoms with Crippen LogP contribution in [0.2, 0.25) is 5.02 Å². The zero-order chi connectivity index (χ0) is 12.3. The SMILES string of the molecule is NNC(Cc1ccsc1)c1cc(Br)ccc1Cl. The Bertz CT molecular complexity index is 487. The molecule has 0 saturated heterocycles. The Hall–Kier alpha value is -0.390. The fraction of sp³-hybridized carbons (Fsp3) is 0.167. The highest BCUT2D eigenvalue weighted by molar-refractivity contribution is 9.10. The number of thiophene rings is 1. The fourth-order valence-electron chi connectivity index (χ4n) is 1.68. The summed E-state index contributed by atoms with van der Waals surface area (Å²) in [5, 5.41) is 4.91. The lowest BCUT2D eigenvalue weighted by molar-refractivity contribution is 0.552. The van der Waals surface area contributed by atoms with Gasteiger partial charge in [0, 0.05) is 9.50 Å². The van der Waals surface area contributed by atoms with Gasteiger partial charge in [0.15, 0.2) is 0 Å². The van der Waals surface area contributed by atoms with Gasteiger partial charge < -0.3 is 0 Å². The molecule has 0 aliphatic rings. The third-order valence-corrected chi connectivity index (χ3v) is 4.12. The normalized spacial score (nSPS) is 12.6. The summed E-state index contributed by atoms with van der Waals surface area (Å²) < 4.78 is 1.00. The van der Waals surface area contributed by atoms with Crippen LogP contribution in [0.5, 0.6) is 0 Å². The second kappa shape index (κ2) is 5.98. The van der Waals surface area contributed by atoms with Crippen LogP contribution in [0.1, 0.15) is 17.2 Å². The number of nitrogens with two attached hydrogens (primary N) is 1. The average molecular weight is 332 g/mol. The molecule has 2 nitrogen and oxygen atoms in total. The minimum Gasteiger partial charge on any atom is -0.271 e. The van der Waals surface area contributed by atoms with E-state index in [1.807, 2.05) is 18.2 Å². The molecule has 0 bridgehead atoms. The standard InChI is InChI=1S/C12H12BrClN2S/c13-9-1-2-11(14)10(6-9)12(16-15)5-8-3-4-17-7-8/h1-4,6-7,12,16H,5,15H2. The minimum atomic E-state index is 0.0228. The van der Waals surface area contributed by atoms with Crippen molar-refractivity contribution in [1.82, 2.24) is 5.43 Å². The maximum atomic E-state index is 6.20. The smallest absolute Gasteiger partial charge is 0.0515 e. The maximum absolute atomic E-state index is 6.20. The van der Waals surface area contributed by atoms with Gasteiger partial charge in [-0.2, -0.15) is 11.3 Å². The molecule has 0 radical (unpaired) electrons. The van der Waals surface area contributed by atoms with E-state index in [2.05, 4.69) is 38.2 Å². The van der Waals surface area contributed by atoms with Crippen molar-refractivity contribution in [3.63, 3.8) is 0 Å². The van der Waals surface area contributed by atoms with E-state index in [4.69, 9.17) is 17.4 Å². The van der Waals surface area contributed by atoms with E-state index in [0.717, 1.165) is 21.5 Å². The number of rotatable bonds is 4. The molecular weight excluding hydrogens is 320 g/mol. The third kappa shape index (κ3) is 3.30. The summed E-state index contributed by atoms with van der Waals surface area (Å²) in [5.41, 5.74) is 5.09. The predicted octanol–water partition coefficient (Wildman–Crippen LogP) is 3.91. The van der Waals surface area contributed by atoms with E-state index in [0.29, 0.717) is 0 Å². The van der Waals surface area contributed by atoms with Gasteiger partial charge in [0.05, 0.1) is 6.04 Å². The van der Waals surface area contributed by atoms with Crippen molar-refractivity contribution < 1.29 is 0 Å². The molecule has 2 aromatic rings. The van der Waals surface area contributed by atoms with Gasteiger partial charge in [0.1, 0.15) is 0 Å². The van der Waals surface area contributed by atoms with Gasteiger partial charge in [-0.15, -0.1) is 0 Å². The van der Waals surface area contributed by atoms with Crippen LogP contribution in [0.15, 0.2) is 39.5 Å². The Kier molecular flexibility index (Phi) is 4.59. The van der Waals surface area contributed by atoms with Crippen LogP contribution in [-0.4, -0.2) is 0 Å². The molecule has 2 rings (SSSR count). The van der Waals surface area contributed by atoms with Gasteiger partial charge in [-0.05, 0) is 52.6 Å². The van der Waals surface area contributed by atoms with Crippen molar-refractivity contribution in [3.05, 3.63) is 55.6 Å². The Morgan fingerprint density at radius 2 is 2.24 bits per heavy atom. The molecule has 0 aliphatic carbocycles. The first kappa shape index (κ1) is 13.1. The Balaban J connectivity index is 2.25. The highest BCUT2D eigenvalue weighted by Gasteiger charge is 2.14. The zero-order valence-corrected chi connectivity index (χ0v) is 12.1. The molecule has 1 atom stereocenters. The summed E-state index contributed by atoms with van der Waals surface area (Å²) in [5.74, 6) is 5.62. The fourth-order valence-corrected chi connectivity index (χ4v) is 2.99. The van der Waals surface area contributed by atoms with Gasteiger partial charge in [-0.25, -0.2) is 0 Å². The van der Waals surface area contributed by atoms with Gasteiger partial charge >= 0.3 is 0 Å². The molecule has 17 heavy (non-hydrogen) atoms. The molecule has 1 aromatic carbocycles. The Morgan fingerprint density at radius 3 is 2.88 bits per heavy atom. The summed E-state index contributed by atoms with van der Waals surface area (Å²) in [7, 11) is 0. The number of hydrazine groups is 1. The first-order valence-corrected chi connectivity index (χ1v) is 7.24. The molecule has 1 aromatic heterocycles. The molecule has 0 amide bonds. The predicted molar refractivity (Wildman–Crippen MR) is 77.2 cm³/mol. The first-order valence-electron chi connectivity index (χ1n) is 5.13. The molecular formula is C12H12BrClN2S. The number of nitrogens with one attached hydrogen (secondary N) is 1. The number of halogens is 2. The summed E-state index contributed by atoms with van der Waals surface area (Å²) in [6, 6.07) is 7.91. The molecule has 0 aliphatic heterocycles. The van der Waals surface area contributed by atoms with Gasteiger partial charge in [-0.1, -0.05) is 27.5 Å². The molecule has 1 unspecified atom stereocenters. The second-order valence-electron chi connectivity index (χ2n) is 3.72. The molecule has 1 heterocycles. The summed E-state index contributed by atoms with van der Waals surface area (Å²) in [6.07, 6.45) is 0.830. The third-order valence-electron chi connectivity index (χ3n) is 2.55. The van der Waals surface area contributed by atoms with Crippen molar-refractivity contribution >= 4 is 38.9 Å². The van der Waals surface area contributed by atoms with Crippen LogP contribution in [0, 0.1) is 0 Å². The summed E-state index contributed by atoms with van der Waals surface area (Å²) in [6.45, 7) is 0. The van der Waals surface area contributed by atoms with Crippen molar-refractivity contribution in [2.75, 3.05) is 0 Å². The largest absolute Gasteiger partial charge is 0.271 e. The molecule has 3 N–H and O–H groups in total. The lowest BCUT2D eigenvalue weighted by Gasteiger charge is -2.17. The van der Waals surface area contributed by atoms with Gasteiger partial charge in [0.25, 0.3) is 0 Å². The monoisotopic (exact) mass is 330 g/mol. The highest BCUT2D eigenvalue weighted by Crippen LogP contribution is 2.28. The van der Waals surface area contributed by atoms with Crippen molar-refractivity contribution in [2.24, 2.45) is 5.84 Å². The summed E-state index contributed by atoms with van der Waals surface area (Å²) in [4.78, 5) is 0. The van der Waals surface area contributed by atoms with Crippen molar-refractivity contribution in [3.8, 4) is 0 Å². The lowest BCUT2D eigenvalue weighted by atomic mass is 10.0. The minimum absolute atomic E-state index is 0.0228. The van der Waals surface area contributed by atoms with Crippen LogP contribution in [0.3, 0.4) is 0 Å². The summed E-state index contributed by atoms with van der Waals surface area (Å²) >= 11 is 11.3. The second-order valence-corrected chi connectivity index (χ2v) is 5.82. The molecule has 0 spiro atoms. The van der Waals surface area contributed by atoms with E-state index in [1.165, 1.54) is 5.56 Å². The average Bonchev–Trinajstić information content (AvgIpc) is 2.82. The molecule has 0 fully saturated rings. The quantitative estimate of drug-likeness (QED) is 0.658. The van der Waals surface area contributed by atoms with Crippen LogP contribution >= 0.6 is 38.9 Å². The maximum Gasteiger partial charge on any atom is 0.0515 e.